The van der Waals surface area contributed by atoms with Crippen molar-refractivity contribution < 1.29 is 14.3 Å². The van der Waals surface area contributed by atoms with Crippen LogP contribution in [0.4, 0.5) is 5.69 Å². The summed E-state index contributed by atoms with van der Waals surface area (Å²) in [6.07, 6.45) is 1.35. The predicted molar refractivity (Wildman–Crippen MR) is 125 cm³/mol. The smallest absolute Gasteiger partial charge is 0.232 e. The summed E-state index contributed by atoms with van der Waals surface area (Å²) in [5.41, 5.74) is 3.01. The number of amides is 2. The molecule has 30 heavy (non-hydrogen) atoms. The van der Waals surface area contributed by atoms with E-state index in [9.17, 15) is 9.59 Å². The molecule has 1 heterocycles. The number of rotatable bonds is 6. The van der Waals surface area contributed by atoms with E-state index in [0.717, 1.165) is 20.5 Å². The SMILES string of the molecule is COc1ccccc1NC(=O)C1CCN(C(=O)CSc2cc(C)c(Br)cc2C)CC1. The molecule has 1 N–H and O–H groups in total. The average molecular weight is 491 g/mol. The molecule has 1 aliphatic heterocycles. The summed E-state index contributed by atoms with van der Waals surface area (Å²) in [5.74, 6) is 1.09. The van der Waals surface area contributed by atoms with Crippen LogP contribution in [0.5, 0.6) is 5.75 Å². The number of aryl methyl sites for hydroxylation is 2. The zero-order chi connectivity index (χ0) is 21.7. The molecule has 0 bridgehead atoms. The minimum Gasteiger partial charge on any atom is -0.495 e. The van der Waals surface area contributed by atoms with Crippen LogP contribution in [0.3, 0.4) is 0 Å². The van der Waals surface area contributed by atoms with Crippen LogP contribution in [-0.2, 0) is 9.59 Å². The van der Waals surface area contributed by atoms with Crippen LogP contribution in [0.2, 0.25) is 0 Å². The van der Waals surface area contributed by atoms with Crippen molar-refractivity contribution in [2.75, 3.05) is 31.3 Å². The van der Waals surface area contributed by atoms with Crippen molar-refractivity contribution in [2.45, 2.75) is 31.6 Å². The van der Waals surface area contributed by atoms with Gasteiger partial charge in [-0.25, -0.2) is 0 Å². The Hall–Kier alpha value is -1.99. The number of nitrogens with zero attached hydrogens (tertiary/aromatic N) is 1. The van der Waals surface area contributed by atoms with E-state index in [1.165, 1.54) is 0 Å². The molecule has 2 aromatic rings. The second-order valence-electron chi connectivity index (χ2n) is 7.50. The molecule has 2 aromatic carbocycles. The van der Waals surface area contributed by atoms with Crippen molar-refractivity contribution in [3.63, 3.8) is 0 Å². The third-order valence-electron chi connectivity index (χ3n) is 5.39. The Bertz CT molecular complexity index is 927. The van der Waals surface area contributed by atoms with E-state index >= 15 is 0 Å². The number of benzene rings is 2. The number of nitrogens with one attached hydrogen (secondary N) is 1. The highest BCUT2D eigenvalue weighted by Crippen LogP contribution is 2.29. The van der Waals surface area contributed by atoms with Gasteiger partial charge in [-0.1, -0.05) is 28.1 Å². The number of hydrogen-bond donors (Lipinski definition) is 1. The summed E-state index contributed by atoms with van der Waals surface area (Å²) in [5, 5.41) is 2.96. The molecule has 0 saturated carbocycles. The van der Waals surface area contributed by atoms with Crippen molar-refractivity contribution in [2.24, 2.45) is 5.92 Å². The van der Waals surface area contributed by atoms with Gasteiger partial charge < -0.3 is 15.0 Å². The zero-order valence-corrected chi connectivity index (χ0v) is 19.9. The quantitative estimate of drug-likeness (QED) is 0.575. The summed E-state index contributed by atoms with van der Waals surface area (Å²) >= 11 is 5.12. The van der Waals surface area contributed by atoms with Gasteiger partial charge in [0.1, 0.15) is 5.75 Å². The Balaban J connectivity index is 1.49. The Morgan fingerprint density at radius 1 is 1.17 bits per heavy atom. The molecule has 1 aliphatic rings. The molecule has 1 saturated heterocycles. The van der Waals surface area contributed by atoms with Gasteiger partial charge in [-0.3, -0.25) is 9.59 Å². The molecule has 1 fully saturated rings. The summed E-state index contributed by atoms with van der Waals surface area (Å²) < 4.78 is 6.38. The van der Waals surface area contributed by atoms with Crippen molar-refractivity contribution in [1.82, 2.24) is 4.90 Å². The molecule has 0 aliphatic carbocycles. The maximum atomic E-state index is 12.7. The fraction of sp³-hybridized carbons (Fsp3) is 0.391. The number of anilines is 1. The van der Waals surface area contributed by atoms with E-state index in [1.54, 1.807) is 18.9 Å². The first-order valence-electron chi connectivity index (χ1n) is 10.00. The molecule has 0 aromatic heterocycles. The lowest BCUT2D eigenvalue weighted by Crippen LogP contribution is -2.42. The number of para-hydroxylation sites is 2. The molecule has 7 heteroatoms. The van der Waals surface area contributed by atoms with E-state index < -0.39 is 0 Å². The predicted octanol–water partition coefficient (Wildman–Crippen LogP) is 5.04. The summed E-state index contributed by atoms with van der Waals surface area (Å²) in [6.45, 7) is 5.34. The second kappa shape index (κ2) is 10.4. The Morgan fingerprint density at radius 3 is 2.57 bits per heavy atom. The first-order chi connectivity index (χ1) is 14.4. The topological polar surface area (TPSA) is 58.6 Å². The highest BCUT2D eigenvalue weighted by atomic mass is 79.9. The molecule has 160 valence electrons. The van der Waals surface area contributed by atoms with Gasteiger partial charge in [0, 0.05) is 28.4 Å². The minimum atomic E-state index is -0.0945. The van der Waals surface area contributed by atoms with Crippen molar-refractivity contribution >= 4 is 45.2 Å². The van der Waals surface area contributed by atoms with Crippen molar-refractivity contribution in [1.29, 1.82) is 0 Å². The Morgan fingerprint density at radius 2 is 1.87 bits per heavy atom. The van der Waals surface area contributed by atoms with Gasteiger partial charge in [0.25, 0.3) is 0 Å². The number of ether oxygens (including phenoxy) is 1. The van der Waals surface area contributed by atoms with Gasteiger partial charge in [-0.05, 0) is 62.1 Å². The van der Waals surface area contributed by atoms with Gasteiger partial charge in [0.05, 0.1) is 18.6 Å². The average Bonchev–Trinajstić information content (AvgIpc) is 2.75. The lowest BCUT2D eigenvalue weighted by atomic mass is 9.96. The second-order valence-corrected chi connectivity index (χ2v) is 9.37. The van der Waals surface area contributed by atoms with Crippen LogP contribution in [0.25, 0.3) is 0 Å². The molecule has 0 unspecified atom stereocenters. The third-order valence-corrected chi connectivity index (χ3v) is 7.39. The normalized spacial score (nSPS) is 14.5. The van der Waals surface area contributed by atoms with Gasteiger partial charge in [0.2, 0.25) is 11.8 Å². The fourth-order valence-corrected chi connectivity index (χ4v) is 4.98. The van der Waals surface area contributed by atoms with Gasteiger partial charge in [0.15, 0.2) is 0 Å². The standard InChI is InChI=1S/C23H27BrN2O3S/c1-15-13-21(16(2)12-18(15)24)30-14-22(27)26-10-8-17(9-11-26)23(28)25-19-6-4-5-7-20(19)29-3/h4-7,12-13,17H,8-11,14H2,1-3H3,(H,25,28). The largest absolute Gasteiger partial charge is 0.495 e. The molecule has 0 radical (unpaired) electrons. The van der Waals surface area contributed by atoms with Crippen molar-refractivity contribution in [3.05, 3.63) is 52.0 Å². The number of halogens is 1. The first kappa shape index (κ1) is 22.7. The van der Waals surface area contributed by atoms with Gasteiger partial charge in [-0.15, -0.1) is 11.8 Å². The minimum absolute atomic E-state index is 0.0121. The number of thioether (sulfide) groups is 1. The van der Waals surface area contributed by atoms with Crippen LogP contribution in [-0.4, -0.2) is 42.7 Å². The summed E-state index contributed by atoms with van der Waals surface area (Å²) in [4.78, 5) is 28.3. The van der Waals surface area contributed by atoms with E-state index in [4.69, 9.17) is 4.74 Å². The lowest BCUT2D eigenvalue weighted by molar-refractivity contribution is -0.132. The van der Waals surface area contributed by atoms with E-state index in [1.807, 2.05) is 29.2 Å². The molecule has 0 spiro atoms. The van der Waals surface area contributed by atoms with E-state index in [0.29, 0.717) is 43.1 Å². The third kappa shape index (κ3) is 5.58. The highest BCUT2D eigenvalue weighted by Gasteiger charge is 2.27. The molecule has 5 nitrogen and oxygen atoms in total. The molecular weight excluding hydrogens is 464 g/mol. The van der Waals surface area contributed by atoms with Crippen molar-refractivity contribution in [3.8, 4) is 5.75 Å². The zero-order valence-electron chi connectivity index (χ0n) is 17.5. The summed E-state index contributed by atoms with van der Waals surface area (Å²) in [6, 6.07) is 11.6. The molecule has 0 atom stereocenters. The first-order valence-corrected chi connectivity index (χ1v) is 11.8. The number of hydrogen-bond acceptors (Lipinski definition) is 4. The van der Waals surface area contributed by atoms with E-state index in [-0.39, 0.29) is 17.7 Å². The molecular formula is C23H27BrN2O3S. The molecule has 2 amide bonds. The van der Waals surface area contributed by atoms with Gasteiger partial charge in [-0.2, -0.15) is 0 Å². The number of carbonyl (C=O) groups excluding carboxylic acids is 2. The fourth-order valence-electron chi connectivity index (χ4n) is 3.51. The number of methoxy groups -OCH3 is 1. The maximum Gasteiger partial charge on any atom is 0.232 e. The van der Waals surface area contributed by atoms with Crippen LogP contribution >= 0.6 is 27.7 Å². The van der Waals surface area contributed by atoms with Crippen LogP contribution < -0.4 is 10.1 Å². The van der Waals surface area contributed by atoms with E-state index in [2.05, 4.69) is 47.2 Å². The van der Waals surface area contributed by atoms with Crippen LogP contribution in [0.1, 0.15) is 24.0 Å². The monoisotopic (exact) mass is 490 g/mol. The lowest BCUT2D eigenvalue weighted by Gasteiger charge is -2.31. The number of carbonyl (C=O) groups is 2. The van der Waals surface area contributed by atoms with Gasteiger partial charge >= 0.3 is 0 Å². The summed E-state index contributed by atoms with van der Waals surface area (Å²) in [7, 11) is 1.59. The molecule has 3 rings (SSSR count). The Labute approximate surface area is 190 Å². The number of piperidine rings is 1. The number of likely N-dealkylation sites (tertiary alicyclic amines) is 1. The van der Waals surface area contributed by atoms with Crippen LogP contribution in [0.15, 0.2) is 45.8 Å². The maximum absolute atomic E-state index is 12.7. The highest BCUT2D eigenvalue weighted by molar-refractivity contribution is 9.10. The van der Waals surface area contributed by atoms with Crippen LogP contribution in [0, 0.1) is 19.8 Å². The Kier molecular flexibility index (Phi) is 7.83.